The Morgan fingerprint density at radius 1 is 1.21 bits per heavy atom. The first kappa shape index (κ1) is 10.9. The van der Waals surface area contributed by atoms with Crippen molar-refractivity contribution in [2.45, 2.75) is 56.5 Å². The summed E-state index contributed by atoms with van der Waals surface area (Å²) in [5, 5.41) is 0.330. The quantitative estimate of drug-likeness (QED) is 0.510. The lowest BCUT2D eigenvalue weighted by Gasteiger charge is -2.29. The molecule has 2 fully saturated rings. The molecule has 2 nitrogen and oxygen atoms in total. The number of rotatable bonds is 1. The first-order valence-electron chi connectivity index (χ1n) is 5.50. The van der Waals surface area contributed by atoms with E-state index in [1.54, 1.807) is 0 Å². The predicted octanol–water partition coefficient (Wildman–Crippen LogP) is 2.56. The van der Waals surface area contributed by atoms with Crippen molar-refractivity contribution in [2.75, 3.05) is 6.61 Å². The fourth-order valence-electron chi connectivity index (χ4n) is 2.94. The molecule has 2 unspecified atom stereocenters. The number of hydrogen-bond donors (Lipinski definition) is 0. The molecular formula is C10H22O2Si2. The summed E-state index contributed by atoms with van der Waals surface area (Å²) < 4.78 is 12.2. The molecule has 2 heterocycles. The Hall–Kier alpha value is 0.354. The van der Waals surface area contributed by atoms with Gasteiger partial charge in [-0.05, 0) is 20.0 Å². The average Bonchev–Trinajstić information content (AvgIpc) is 2.48. The van der Waals surface area contributed by atoms with E-state index in [9.17, 15) is 0 Å². The minimum absolute atomic E-state index is 0.157. The van der Waals surface area contributed by atoms with Crippen LogP contribution < -0.4 is 0 Å². The molecule has 2 aliphatic rings. The summed E-state index contributed by atoms with van der Waals surface area (Å²) in [6.45, 7) is 15.1. The largest absolute Gasteiger partial charge is 0.414 e. The van der Waals surface area contributed by atoms with Crippen molar-refractivity contribution in [1.82, 2.24) is 0 Å². The fraction of sp³-hybridized carbons (Fsp3) is 1.00. The molecule has 0 aliphatic carbocycles. The van der Waals surface area contributed by atoms with Crippen LogP contribution >= 0.6 is 0 Å². The summed E-state index contributed by atoms with van der Waals surface area (Å²) in [6.07, 6.45) is 1.13. The first-order valence-corrected chi connectivity index (χ1v) is 11.9. The molecule has 0 amide bonds. The molecule has 82 valence electrons. The van der Waals surface area contributed by atoms with Crippen LogP contribution in [0, 0.1) is 0 Å². The Kier molecular flexibility index (Phi) is 1.97. The first-order chi connectivity index (χ1) is 6.16. The van der Waals surface area contributed by atoms with E-state index in [0.29, 0.717) is 0 Å². The normalized spacial score (nSPS) is 45.9. The van der Waals surface area contributed by atoms with E-state index in [1.165, 1.54) is 0 Å². The number of ether oxygens (including phenoxy) is 1. The van der Waals surface area contributed by atoms with Crippen molar-refractivity contribution in [3.63, 3.8) is 0 Å². The van der Waals surface area contributed by atoms with E-state index < -0.39 is 16.4 Å². The maximum absolute atomic E-state index is 6.23. The molecule has 0 aromatic heterocycles. The van der Waals surface area contributed by atoms with Crippen LogP contribution in [0.5, 0.6) is 0 Å². The lowest BCUT2D eigenvalue weighted by atomic mass is 10.2. The lowest BCUT2D eigenvalue weighted by Crippen LogP contribution is -2.54. The van der Waals surface area contributed by atoms with Gasteiger partial charge in [0.05, 0.1) is 13.3 Å². The van der Waals surface area contributed by atoms with E-state index >= 15 is 0 Å². The second-order valence-corrected chi connectivity index (χ2v) is 15.9. The molecule has 0 aromatic rings. The zero-order valence-corrected chi connectivity index (χ0v) is 12.2. The molecule has 2 rings (SSSR count). The van der Waals surface area contributed by atoms with E-state index in [-0.39, 0.29) is 10.4 Å². The average molecular weight is 230 g/mol. The van der Waals surface area contributed by atoms with Gasteiger partial charge in [-0.3, -0.25) is 0 Å². The molecule has 2 atom stereocenters. The van der Waals surface area contributed by atoms with Gasteiger partial charge in [-0.25, -0.2) is 0 Å². The highest BCUT2D eigenvalue weighted by molar-refractivity contribution is 6.85. The van der Waals surface area contributed by atoms with Crippen molar-refractivity contribution in [1.29, 1.82) is 0 Å². The van der Waals surface area contributed by atoms with Gasteiger partial charge in [0.2, 0.25) is 8.32 Å². The molecule has 2 aliphatic heterocycles. The Morgan fingerprint density at radius 3 is 2.07 bits per heavy atom. The van der Waals surface area contributed by atoms with E-state index in [0.717, 1.165) is 13.0 Å². The zero-order chi connectivity index (χ0) is 10.8. The van der Waals surface area contributed by atoms with Gasteiger partial charge in [-0.15, -0.1) is 0 Å². The monoisotopic (exact) mass is 230 g/mol. The smallest absolute Gasteiger partial charge is 0.221 e. The molecule has 14 heavy (non-hydrogen) atoms. The summed E-state index contributed by atoms with van der Waals surface area (Å²) in [5.41, 5.74) is 0. The van der Waals surface area contributed by atoms with E-state index in [1.807, 2.05) is 0 Å². The molecule has 2 saturated heterocycles. The summed E-state index contributed by atoms with van der Waals surface area (Å²) >= 11 is 0. The van der Waals surface area contributed by atoms with Gasteiger partial charge < -0.3 is 9.16 Å². The van der Waals surface area contributed by atoms with Crippen LogP contribution in [0.2, 0.25) is 32.7 Å². The SMILES string of the molecule is CC1([Si](C)(C)C)OC12CCO[Si]2(C)C. The number of epoxide rings is 1. The van der Waals surface area contributed by atoms with Crippen molar-refractivity contribution in [2.24, 2.45) is 0 Å². The minimum atomic E-state index is -1.59. The second kappa shape index (κ2) is 2.54. The summed E-state index contributed by atoms with van der Waals surface area (Å²) in [4.78, 5) is 0. The van der Waals surface area contributed by atoms with Gasteiger partial charge in [-0.2, -0.15) is 0 Å². The topological polar surface area (TPSA) is 21.8 Å². The third-order valence-corrected chi connectivity index (χ3v) is 11.7. The van der Waals surface area contributed by atoms with Crippen LogP contribution in [0.4, 0.5) is 0 Å². The van der Waals surface area contributed by atoms with Crippen molar-refractivity contribution in [3.05, 3.63) is 0 Å². The zero-order valence-electron chi connectivity index (χ0n) is 10.2. The second-order valence-electron chi connectivity index (χ2n) is 6.32. The molecule has 0 saturated carbocycles. The van der Waals surface area contributed by atoms with Crippen molar-refractivity contribution < 1.29 is 9.16 Å². The third-order valence-electron chi connectivity index (χ3n) is 4.43. The summed E-state index contributed by atoms with van der Waals surface area (Å²) in [5.74, 6) is 0. The van der Waals surface area contributed by atoms with Crippen molar-refractivity contribution in [3.8, 4) is 0 Å². The third kappa shape index (κ3) is 1.03. The highest BCUT2D eigenvalue weighted by Gasteiger charge is 2.80. The van der Waals surface area contributed by atoms with Crippen LogP contribution in [0.1, 0.15) is 13.3 Å². The van der Waals surface area contributed by atoms with Gasteiger partial charge in [0.15, 0.2) is 0 Å². The van der Waals surface area contributed by atoms with Gasteiger partial charge in [0, 0.05) is 13.0 Å². The molecular weight excluding hydrogens is 208 g/mol. The van der Waals surface area contributed by atoms with Crippen LogP contribution in [-0.4, -0.2) is 33.4 Å². The Morgan fingerprint density at radius 2 is 1.79 bits per heavy atom. The van der Waals surface area contributed by atoms with E-state index in [4.69, 9.17) is 9.16 Å². The maximum Gasteiger partial charge on any atom is 0.221 e. The summed E-state index contributed by atoms with van der Waals surface area (Å²) in [7, 11) is -2.83. The predicted molar refractivity (Wildman–Crippen MR) is 63.6 cm³/mol. The number of hydrogen-bond acceptors (Lipinski definition) is 2. The van der Waals surface area contributed by atoms with Gasteiger partial charge in [0.25, 0.3) is 0 Å². The van der Waals surface area contributed by atoms with E-state index in [2.05, 4.69) is 39.7 Å². The minimum Gasteiger partial charge on any atom is -0.414 e. The molecule has 0 aromatic carbocycles. The molecule has 1 spiro atoms. The highest BCUT2D eigenvalue weighted by Crippen LogP contribution is 2.62. The Bertz CT molecular complexity index is 272. The van der Waals surface area contributed by atoms with Gasteiger partial charge in [0.1, 0.15) is 5.22 Å². The van der Waals surface area contributed by atoms with Gasteiger partial charge in [-0.1, -0.05) is 19.6 Å². The van der Waals surface area contributed by atoms with Gasteiger partial charge >= 0.3 is 0 Å². The van der Waals surface area contributed by atoms with Crippen LogP contribution in [-0.2, 0) is 9.16 Å². The molecule has 0 radical (unpaired) electrons. The van der Waals surface area contributed by atoms with Crippen molar-refractivity contribution >= 4 is 16.4 Å². The Balaban J connectivity index is 2.32. The highest BCUT2D eigenvalue weighted by atomic mass is 28.4. The summed E-state index contributed by atoms with van der Waals surface area (Å²) in [6, 6.07) is 0. The standard InChI is InChI=1S/C10H22O2Si2/c1-9(13(2,3)4)10(12-9)7-8-11-14(10,5)6/h7-8H2,1-6H3. The van der Waals surface area contributed by atoms with Crippen LogP contribution in [0.3, 0.4) is 0 Å². The maximum atomic E-state index is 6.23. The lowest BCUT2D eigenvalue weighted by molar-refractivity contribution is 0.331. The van der Waals surface area contributed by atoms with Crippen LogP contribution in [0.25, 0.3) is 0 Å². The Labute approximate surface area is 89.1 Å². The molecule has 0 bridgehead atoms. The van der Waals surface area contributed by atoms with Crippen LogP contribution in [0.15, 0.2) is 0 Å². The fourth-order valence-corrected chi connectivity index (χ4v) is 10.0. The molecule has 0 N–H and O–H groups in total. The molecule has 4 heteroatoms.